The fourth-order valence-corrected chi connectivity index (χ4v) is 4.34. The first kappa shape index (κ1) is 15.5. The van der Waals surface area contributed by atoms with Crippen LogP contribution in [0.2, 0.25) is 0 Å². The number of hydrogen-bond donors (Lipinski definition) is 0. The molecule has 0 radical (unpaired) electrons. The Kier molecular flexibility index (Phi) is 3.94. The van der Waals surface area contributed by atoms with Crippen LogP contribution in [-0.4, -0.2) is 35.5 Å². The highest BCUT2D eigenvalue weighted by atomic mass is 16.6. The van der Waals surface area contributed by atoms with Crippen LogP contribution in [0, 0.1) is 5.92 Å². The van der Waals surface area contributed by atoms with Gasteiger partial charge in [-0.25, -0.2) is 0 Å². The van der Waals surface area contributed by atoms with Crippen LogP contribution < -0.4 is 4.74 Å². The Morgan fingerprint density at radius 3 is 2.79 bits per heavy atom. The summed E-state index contributed by atoms with van der Waals surface area (Å²) in [5, 5.41) is 0. The summed E-state index contributed by atoms with van der Waals surface area (Å²) < 4.78 is 11.5. The summed E-state index contributed by atoms with van der Waals surface area (Å²) in [6.07, 6.45) is 5.07. The molecule has 4 rings (SSSR count). The van der Waals surface area contributed by atoms with Crippen LogP contribution >= 0.6 is 0 Å². The normalized spacial score (nSPS) is 25.6. The summed E-state index contributed by atoms with van der Waals surface area (Å²) in [6.45, 7) is 1.57. The second-order valence-corrected chi connectivity index (χ2v) is 7.07. The van der Waals surface area contributed by atoms with E-state index in [1.807, 2.05) is 29.2 Å². The van der Waals surface area contributed by atoms with Gasteiger partial charge in [0.25, 0.3) is 0 Å². The molecule has 2 aliphatic heterocycles. The number of carbonyl (C=O) groups is 2. The summed E-state index contributed by atoms with van der Waals surface area (Å²) in [5.41, 5.74) is 0.463. The first-order chi connectivity index (χ1) is 11.7. The third-order valence-electron chi connectivity index (χ3n) is 5.59. The molecule has 0 aromatic heterocycles. The molecular weight excluding hydrogens is 306 g/mol. The van der Waals surface area contributed by atoms with E-state index in [4.69, 9.17) is 9.47 Å². The third-order valence-corrected chi connectivity index (χ3v) is 5.59. The van der Waals surface area contributed by atoms with E-state index in [1.165, 1.54) is 0 Å². The lowest BCUT2D eigenvalue weighted by Crippen LogP contribution is -2.47. The molecular formula is C19H23NO4. The van der Waals surface area contributed by atoms with Crippen LogP contribution in [0.3, 0.4) is 0 Å². The van der Waals surface area contributed by atoms with Gasteiger partial charge in [-0.3, -0.25) is 9.59 Å². The minimum Gasteiger partial charge on any atom is -0.491 e. The first-order valence-electron chi connectivity index (χ1n) is 8.89. The zero-order valence-corrected chi connectivity index (χ0v) is 13.8. The number of fused-ring (bicyclic) bond motifs is 1. The molecule has 1 spiro atoms. The zero-order chi connectivity index (χ0) is 16.6. The first-order valence-corrected chi connectivity index (χ1v) is 8.89. The highest BCUT2D eigenvalue weighted by molar-refractivity contribution is 5.88. The second kappa shape index (κ2) is 6.11. The summed E-state index contributed by atoms with van der Waals surface area (Å²) in [4.78, 5) is 27.0. The number of nitrogens with zero attached hydrogens (tertiary/aromatic N) is 1. The highest BCUT2D eigenvalue weighted by Gasteiger charge is 2.53. The van der Waals surface area contributed by atoms with E-state index in [0.29, 0.717) is 19.7 Å². The van der Waals surface area contributed by atoms with Gasteiger partial charge in [0.2, 0.25) is 5.91 Å². The minimum atomic E-state index is -0.556. The summed E-state index contributed by atoms with van der Waals surface area (Å²) >= 11 is 0. The topological polar surface area (TPSA) is 55.8 Å². The lowest BCUT2D eigenvalue weighted by Gasteiger charge is -2.37. The number of hydrogen-bond acceptors (Lipinski definition) is 4. The van der Waals surface area contributed by atoms with Crippen LogP contribution in [0.4, 0.5) is 0 Å². The average molecular weight is 329 g/mol. The fourth-order valence-electron chi connectivity index (χ4n) is 4.34. The molecule has 1 aromatic rings. The van der Waals surface area contributed by atoms with Crippen molar-refractivity contribution in [2.24, 2.45) is 5.92 Å². The van der Waals surface area contributed by atoms with Gasteiger partial charge in [0.05, 0.1) is 18.9 Å². The van der Waals surface area contributed by atoms with Gasteiger partial charge >= 0.3 is 5.97 Å². The number of carbonyl (C=O) groups excluding carboxylic acids is 2. The van der Waals surface area contributed by atoms with E-state index in [2.05, 4.69) is 0 Å². The van der Waals surface area contributed by atoms with E-state index in [-0.39, 0.29) is 24.2 Å². The largest absolute Gasteiger partial charge is 0.491 e. The molecule has 5 heteroatoms. The van der Waals surface area contributed by atoms with Gasteiger partial charge in [0.15, 0.2) is 0 Å². The van der Waals surface area contributed by atoms with Crippen molar-refractivity contribution in [3.63, 3.8) is 0 Å². The molecule has 1 saturated heterocycles. The minimum absolute atomic E-state index is 0.0445. The van der Waals surface area contributed by atoms with Crippen molar-refractivity contribution in [3.8, 4) is 5.75 Å². The maximum absolute atomic E-state index is 13.2. The second-order valence-electron chi connectivity index (χ2n) is 7.07. The molecule has 5 nitrogen and oxygen atoms in total. The fraction of sp³-hybridized carbons (Fsp3) is 0.579. The van der Waals surface area contributed by atoms with Gasteiger partial charge in [-0.15, -0.1) is 0 Å². The molecule has 0 bridgehead atoms. The molecule has 128 valence electrons. The summed E-state index contributed by atoms with van der Waals surface area (Å²) in [7, 11) is 0. The van der Waals surface area contributed by atoms with Gasteiger partial charge in [-0.1, -0.05) is 24.6 Å². The number of ether oxygens (including phenoxy) is 2. The molecule has 0 N–H and O–H groups in total. The molecule has 2 fully saturated rings. The van der Waals surface area contributed by atoms with Gasteiger partial charge in [-0.2, -0.15) is 0 Å². The smallest absolute Gasteiger partial charge is 0.307 e. The Morgan fingerprint density at radius 1 is 1.17 bits per heavy atom. The van der Waals surface area contributed by atoms with Crippen molar-refractivity contribution in [1.29, 1.82) is 0 Å². The van der Waals surface area contributed by atoms with E-state index < -0.39 is 5.60 Å². The quantitative estimate of drug-likeness (QED) is 0.743. The van der Waals surface area contributed by atoms with Crippen LogP contribution in [0.25, 0.3) is 0 Å². The van der Waals surface area contributed by atoms with E-state index >= 15 is 0 Å². The van der Waals surface area contributed by atoms with Crippen LogP contribution in [0.5, 0.6) is 5.75 Å². The van der Waals surface area contributed by atoms with Crippen LogP contribution in [0.15, 0.2) is 24.3 Å². The number of amides is 1. The van der Waals surface area contributed by atoms with Gasteiger partial charge < -0.3 is 14.4 Å². The van der Waals surface area contributed by atoms with Crippen molar-refractivity contribution in [1.82, 2.24) is 4.90 Å². The molecule has 3 aliphatic rings. The highest BCUT2D eigenvalue weighted by Crippen LogP contribution is 2.45. The summed E-state index contributed by atoms with van der Waals surface area (Å²) in [5.74, 6) is 0.333. The monoisotopic (exact) mass is 329 g/mol. The molecule has 1 aromatic carbocycles. The Labute approximate surface area is 141 Å². The van der Waals surface area contributed by atoms with Crippen molar-refractivity contribution >= 4 is 11.9 Å². The lowest BCUT2D eigenvalue weighted by atomic mass is 9.75. The standard InChI is InChI=1S/C19H23NO4/c21-17-12-15(19(24-17)8-4-1-5-9-19)18(22)20-10-11-23-16-7-3-2-6-14(16)13-20/h2-3,6-7,15H,1,4-5,8-13H2/t15-/m1/s1. The SMILES string of the molecule is O=C1C[C@H](C(=O)N2CCOc3ccccc3C2)C2(CCCCC2)O1. The zero-order valence-electron chi connectivity index (χ0n) is 13.8. The maximum Gasteiger partial charge on any atom is 0.307 e. The Balaban J connectivity index is 1.57. The Hall–Kier alpha value is -2.04. The summed E-state index contributed by atoms with van der Waals surface area (Å²) in [6, 6.07) is 7.83. The molecule has 0 unspecified atom stereocenters. The van der Waals surface area contributed by atoms with Crippen molar-refractivity contribution in [2.75, 3.05) is 13.2 Å². The third kappa shape index (κ3) is 2.66. The lowest BCUT2D eigenvalue weighted by molar-refractivity contribution is -0.156. The Morgan fingerprint density at radius 2 is 1.96 bits per heavy atom. The molecule has 1 atom stereocenters. The van der Waals surface area contributed by atoms with Gasteiger partial charge in [0, 0.05) is 12.1 Å². The van der Waals surface area contributed by atoms with Gasteiger partial charge in [0.1, 0.15) is 18.0 Å². The predicted octanol–water partition coefficient (Wildman–Crippen LogP) is 2.67. The van der Waals surface area contributed by atoms with E-state index in [0.717, 1.165) is 43.4 Å². The van der Waals surface area contributed by atoms with Crippen LogP contribution in [-0.2, 0) is 20.9 Å². The van der Waals surface area contributed by atoms with Crippen molar-refractivity contribution in [3.05, 3.63) is 29.8 Å². The number of benzene rings is 1. The van der Waals surface area contributed by atoms with Gasteiger partial charge in [-0.05, 0) is 31.7 Å². The number of para-hydroxylation sites is 1. The molecule has 1 aliphatic carbocycles. The molecule has 1 amide bonds. The number of esters is 1. The molecule has 24 heavy (non-hydrogen) atoms. The van der Waals surface area contributed by atoms with E-state index in [9.17, 15) is 9.59 Å². The van der Waals surface area contributed by atoms with Crippen LogP contribution in [0.1, 0.15) is 44.1 Å². The predicted molar refractivity (Wildman–Crippen MR) is 87.4 cm³/mol. The number of rotatable bonds is 1. The molecule has 2 heterocycles. The maximum atomic E-state index is 13.2. The average Bonchev–Trinajstić information content (AvgIpc) is 2.78. The van der Waals surface area contributed by atoms with Crippen molar-refractivity contribution < 1.29 is 19.1 Å². The Bertz CT molecular complexity index is 651. The van der Waals surface area contributed by atoms with Crippen molar-refractivity contribution in [2.45, 2.75) is 50.7 Å². The van der Waals surface area contributed by atoms with E-state index in [1.54, 1.807) is 0 Å². The molecule has 1 saturated carbocycles.